The highest BCUT2D eigenvalue weighted by Crippen LogP contribution is 2.42. The Morgan fingerprint density at radius 1 is 1.06 bits per heavy atom. The largest absolute Gasteiger partial charge is 0.461 e. The quantitative estimate of drug-likeness (QED) is 0.0747. The van der Waals surface area contributed by atoms with Crippen molar-refractivity contribution in [2.75, 3.05) is 24.6 Å². The van der Waals surface area contributed by atoms with Crippen molar-refractivity contribution in [3.8, 4) is 0 Å². The number of nitrogens with one attached hydrogen (secondary N) is 2. The van der Waals surface area contributed by atoms with E-state index in [0.29, 0.717) is 16.7 Å². The summed E-state index contributed by atoms with van der Waals surface area (Å²) in [6.45, 7) is 7.85. The first kappa shape index (κ1) is 38.8. The van der Waals surface area contributed by atoms with Gasteiger partial charge in [-0.1, -0.05) is 65.8 Å². The molecule has 2 aliphatic heterocycles. The number of rotatable bonds is 13. The number of β-lactam (4-membered cyclic amide) rings is 1. The average Bonchev–Trinajstić information content (AvgIpc) is 3.55. The highest BCUT2D eigenvalue weighted by atomic mass is 32.2. The Labute approximate surface area is 314 Å². The Bertz CT molecular complexity index is 1860. The number of alkyl carbamates (subject to hydrolysis) is 1. The number of esters is 2. The standard InChI is InChI=1S/C36H40N6O9S2/c1-20(16-38-35(47)50-36(3,4)5)51-41-26(25-19-53-34(37)39-25)30(44)40-27-31(45)42-28(24(17-48-21(2)43)18-52-32(27)42)33(46)49-29(22-12-8-6-9-13-22)23-14-10-7-11-15-23/h6-15,19-20,27,29,32H,16-18H2,1-5H3,(H2,37,39)(H,38,47)(H,40,44)/t20?,27-,32-/m1/s1. The van der Waals surface area contributed by atoms with Gasteiger partial charge in [0.25, 0.3) is 11.8 Å². The van der Waals surface area contributed by atoms with Gasteiger partial charge in [-0.05, 0) is 38.8 Å². The number of thioether (sulfide) groups is 1. The normalized spacial score (nSPS) is 17.7. The molecule has 2 aliphatic rings. The van der Waals surface area contributed by atoms with Crippen LogP contribution in [0.2, 0.25) is 0 Å². The molecule has 5 rings (SSSR count). The van der Waals surface area contributed by atoms with Crippen LogP contribution in [0.4, 0.5) is 9.93 Å². The van der Waals surface area contributed by atoms with E-state index in [4.69, 9.17) is 24.8 Å². The number of benzene rings is 2. The fraction of sp³-hybridized carbons (Fsp3) is 0.361. The van der Waals surface area contributed by atoms with E-state index in [9.17, 15) is 24.0 Å². The van der Waals surface area contributed by atoms with E-state index in [1.165, 1.54) is 29.0 Å². The molecule has 15 nitrogen and oxygen atoms in total. The van der Waals surface area contributed by atoms with Gasteiger partial charge < -0.3 is 35.4 Å². The van der Waals surface area contributed by atoms with Gasteiger partial charge in [0.1, 0.15) is 41.1 Å². The summed E-state index contributed by atoms with van der Waals surface area (Å²) in [5, 5.41) is 10.3. The van der Waals surface area contributed by atoms with Crippen LogP contribution in [0, 0.1) is 0 Å². The molecule has 3 aromatic rings. The SMILES string of the molecule is CC(=O)OCC1=C(C(=O)OC(c2ccccc2)c2ccccc2)N2C(=O)[C@@H](NC(=O)C(=NOC(C)CNC(=O)OC(C)(C)C)c3csc(N)n3)[C@H]2SC1. The van der Waals surface area contributed by atoms with Crippen LogP contribution in [0.3, 0.4) is 0 Å². The van der Waals surface area contributed by atoms with Gasteiger partial charge in [0.05, 0.1) is 6.54 Å². The summed E-state index contributed by atoms with van der Waals surface area (Å²) in [5.41, 5.74) is 6.74. The summed E-state index contributed by atoms with van der Waals surface area (Å²) >= 11 is 2.36. The van der Waals surface area contributed by atoms with Crippen LogP contribution in [0.1, 0.15) is 57.5 Å². The van der Waals surface area contributed by atoms with Crippen LogP contribution >= 0.6 is 23.1 Å². The first-order valence-electron chi connectivity index (χ1n) is 16.6. The maximum absolute atomic E-state index is 14.1. The maximum atomic E-state index is 14.1. The third-order valence-electron chi connectivity index (χ3n) is 7.64. The van der Waals surface area contributed by atoms with Gasteiger partial charge in [-0.15, -0.1) is 23.1 Å². The summed E-state index contributed by atoms with van der Waals surface area (Å²) < 4.78 is 16.6. The molecule has 0 bridgehead atoms. The molecular weight excluding hydrogens is 725 g/mol. The zero-order valence-electron chi connectivity index (χ0n) is 29.7. The zero-order chi connectivity index (χ0) is 38.3. The number of aromatic nitrogens is 1. The minimum atomic E-state index is -1.07. The third-order valence-corrected chi connectivity index (χ3v) is 9.66. The van der Waals surface area contributed by atoms with Crippen LogP contribution in [-0.4, -0.2) is 87.5 Å². The van der Waals surface area contributed by atoms with Crippen molar-refractivity contribution >= 4 is 63.8 Å². The molecule has 0 aliphatic carbocycles. The maximum Gasteiger partial charge on any atom is 0.407 e. The lowest BCUT2D eigenvalue weighted by Crippen LogP contribution is -2.71. The molecule has 17 heteroatoms. The molecule has 1 saturated heterocycles. The van der Waals surface area contributed by atoms with Gasteiger partial charge in [0.15, 0.2) is 16.9 Å². The first-order chi connectivity index (χ1) is 25.2. The van der Waals surface area contributed by atoms with Crippen LogP contribution < -0.4 is 16.4 Å². The fourth-order valence-corrected chi connectivity index (χ4v) is 7.13. The van der Waals surface area contributed by atoms with Crippen molar-refractivity contribution < 1.29 is 43.0 Å². The number of carbonyl (C=O) groups excluding carboxylic acids is 5. The van der Waals surface area contributed by atoms with Crippen molar-refractivity contribution in [2.24, 2.45) is 5.16 Å². The fourth-order valence-electron chi connectivity index (χ4n) is 5.25. The number of hydrogen-bond donors (Lipinski definition) is 3. The van der Waals surface area contributed by atoms with Crippen molar-refractivity contribution in [1.29, 1.82) is 0 Å². The van der Waals surface area contributed by atoms with E-state index < -0.39 is 59.1 Å². The number of ether oxygens (including phenoxy) is 3. The zero-order valence-corrected chi connectivity index (χ0v) is 31.3. The molecule has 53 heavy (non-hydrogen) atoms. The summed E-state index contributed by atoms with van der Waals surface area (Å²) in [4.78, 5) is 76.4. The summed E-state index contributed by atoms with van der Waals surface area (Å²) in [6.07, 6.45) is -2.15. The van der Waals surface area contributed by atoms with E-state index in [-0.39, 0.29) is 41.1 Å². The lowest BCUT2D eigenvalue weighted by atomic mass is 10.0. The molecular formula is C36H40N6O9S2. The Morgan fingerprint density at radius 2 is 1.70 bits per heavy atom. The number of fused-ring (bicyclic) bond motifs is 1. The number of thiazole rings is 1. The number of oxime groups is 1. The number of nitrogen functional groups attached to an aromatic ring is 1. The van der Waals surface area contributed by atoms with Gasteiger partial charge in [-0.25, -0.2) is 14.6 Å². The molecule has 3 atom stereocenters. The second kappa shape index (κ2) is 16.9. The molecule has 4 N–H and O–H groups in total. The van der Waals surface area contributed by atoms with Crippen molar-refractivity contribution in [2.45, 2.75) is 63.8 Å². The Kier molecular flexibility index (Phi) is 12.4. The molecule has 3 heterocycles. The van der Waals surface area contributed by atoms with E-state index in [1.54, 1.807) is 27.7 Å². The lowest BCUT2D eigenvalue weighted by Gasteiger charge is -2.49. The van der Waals surface area contributed by atoms with Crippen molar-refractivity contribution in [3.63, 3.8) is 0 Å². The van der Waals surface area contributed by atoms with Gasteiger partial charge >= 0.3 is 18.0 Å². The van der Waals surface area contributed by atoms with E-state index in [0.717, 1.165) is 11.3 Å². The van der Waals surface area contributed by atoms with Crippen molar-refractivity contribution in [3.05, 3.63) is 94.1 Å². The van der Waals surface area contributed by atoms with Gasteiger partial charge in [-0.3, -0.25) is 19.3 Å². The smallest absolute Gasteiger partial charge is 0.407 e. The van der Waals surface area contributed by atoms with Gasteiger partial charge in [0, 0.05) is 23.6 Å². The topological polar surface area (TPSA) is 201 Å². The second-order valence-electron chi connectivity index (χ2n) is 13.0. The Hall–Kier alpha value is -5.42. The summed E-state index contributed by atoms with van der Waals surface area (Å²) in [7, 11) is 0. The van der Waals surface area contributed by atoms with Crippen LogP contribution in [0.15, 0.2) is 82.5 Å². The Morgan fingerprint density at radius 3 is 2.26 bits per heavy atom. The first-order valence-corrected chi connectivity index (χ1v) is 18.5. The average molecular weight is 765 g/mol. The number of anilines is 1. The predicted octanol–water partition coefficient (Wildman–Crippen LogP) is 3.91. The van der Waals surface area contributed by atoms with Crippen molar-refractivity contribution in [1.82, 2.24) is 20.5 Å². The molecule has 0 radical (unpaired) electrons. The highest BCUT2D eigenvalue weighted by Gasteiger charge is 2.55. The van der Waals surface area contributed by atoms with Gasteiger partial charge in [0.2, 0.25) is 0 Å². The number of nitrogens with two attached hydrogens (primary N) is 1. The molecule has 0 saturated carbocycles. The van der Waals surface area contributed by atoms with Crippen LogP contribution in [0.25, 0.3) is 0 Å². The number of nitrogens with zero attached hydrogens (tertiary/aromatic N) is 3. The molecule has 2 aromatic carbocycles. The van der Waals surface area contributed by atoms with E-state index in [1.807, 2.05) is 60.7 Å². The number of amides is 3. The predicted molar refractivity (Wildman–Crippen MR) is 197 cm³/mol. The Balaban J connectivity index is 1.35. The minimum Gasteiger partial charge on any atom is -0.461 e. The van der Waals surface area contributed by atoms with Gasteiger partial charge in [-0.2, -0.15) is 0 Å². The second-order valence-corrected chi connectivity index (χ2v) is 15.0. The molecule has 280 valence electrons. The lowest BCUT2D eigenvalue weighted by molar-refractivity contribution is -0.154. The summed E-state index contributed by atoms with van der Waals surface area (Å²) in [6, 6.07) is 17.2. The van der Waals surface area contributed by atoms with Crippen LogP contribution in [-0.2, 0) is 38.2 Å². The van der Waals surface area contributed by atoms with E-state index in [2.05, 4.69) is 20.8 Å². The third kappa shape index (κ3) is 9.92. The molecule has 1 fully saturated rings. The molecule has 3 amide bonds. The number of hydrogen-bond acceptors (Lipinski definition) is 14. The molecule has 1 aromatic heterocycles. The minimum absolute atomic E-state index is 0.0115. The van der Waals surface area contributed by atoms with E-state index >= 15 is 0 Å². The number of carbonyl (C=O) groups is 5. The van der Waals surface area contributed by atoms with Crippen LogP contribution in [0.5, 0.6) is 0 Å². The molecule has 1 unspecified atom stereocenters. The monoisotopic (exact) mass is 764 g/mol. The molecule has 0 spiro atoms. The summed E-state index contributed by atoms with van der Waals surface area (Å²) in [5.74, 6) is -2.53. The highest BCUT2D eigenvalue weighted by molar-refractivity contribution is 8.00.